The second kappa shape index (κ2) is 6.46. The van der Waals surface area contributed by atoms with Crippen LogP contribution in [0.25, 0.3) is 11.0 Å². The maximum atomic E-state index is 8.52. The molecule has 3 rings (SSSR count). The fourth-order valence-electron chi connectivity index (χ4n) is 2.61. The van der Waals surface area contributed by atoms with Gasteiger partial charge in [-0.1, -0.05) is 18.2 Å². The van der Waals surface area contributed by atoms with E-state index >= 15 is 0 Å². The Balaban J connectivity index is 1.77. The zero-order valence-corrected chi connectivity index (χ0v) is 12.2. The zero-order valence-electron chi connectivity index (χ0n) is 12.2. The van der Waals surface area contributed by atoms with E-state index in [4.69, 9.17) is 16.0 Å². The first-order chi connectivity index (χ1) is 10.8. The van der Waals surface area contributed by atoms with Crippen molar-refractivity contribution in [1.82, 2.24) is 9.97 Å². The monoisotopic (exact) mass is 291 g/mol. The predicted octanol–water partition coefficient (Wildman–Crippen LogP) is 2.24. The van der Waals surface area contributed by atoms with Crippen molar-refractivity contribution in [3.05, 3.63) is 48.3 Å². The van der Waals surface area contributed by atoms with Crippen molar-refractivity contribution in [2.75, 3.05) is 6.54 Å². The molecule has 1 aromatic carbocycles. The van der Waals surface area contributed by atoms with Crippen LogP contribution >= 0.6 is 0 Å². The average molecular weight is 291 g/mol. The number of nitrogens with zero attached hydrogens (tertiary/aromatic N) is 4. The van der Waals surface area contributed by atoms with Crippen LogP contribution in [-0.2, 0) is 0 Å². The number of nitriles is 1. The highest BCUT2D eigenvalue weighted by molar-refractivity contribution is 6.01. The first kappa shape index (κ1) is 14.4. The normalized spacial score (nSPS) is 21.7. The molecule has 0 atom stereocenters. The van der Waals surface area contributed by atoms with E-state index in [1.807, 2.05) is 36.4 Å². The average Bonchev–Trinajstić information content (AvgIpc) is 2.53. The number of hydrogen-bond donors (Lipinski definition) is 1. The summed E-state index contributed by atoms with van der Waals surface area (Å²) in [5.74, 6) is 0.454. The third kappa shape index (κ3) is 3.02. The summed E-state index contributed by atoms with van der Waals surface area (Å²) in [6.45, 7) is 0.349. The number of aliphatic imine (C=N–C) groups is 1. The Morgan fingerprint density at radius 3 is 2.86 bits per heavy atom. The lowest BCUT2D eigenvalue weighted by atomic mass is 9.80. The van der Waals surface area contributed by atoms with Gasteiger partial charge in [-0.2, -0.15) is 5.26 Å². The first-order valence-electron chi connectivity index (χ1n) is 7.35. The molecule has 0 amide bonds. The van der Waals surface area contributed by atoms with Gasteiger partial charge in [0.25, 0.3) is 0 Å². The van der Waals surface area contributed by atoms with Gasteiger partial charge in [-0.3, -0.25) is 9.98 Å². The minimum absolute atomic E-state index is 0.264. The molecule has 2 aromatic rings. The molecular formula is C17H17N5. The Hall–Kier alpha value is -2.58. The maximum absolute atomic E-state index is 8.52. The standard InChI is InChI=1S/C17H17N5/c18-7-3-4-12-8-13(9-12)21-16(10-19)17-11-20-14-5-1-2-6-15(14)22-17/h1-6,11-13H,8-10,19H2/b4-3+,21-16-. The van der Waals surface area contributed by atoms with Crippen LogP contribution in [0.1, 0.15) is 18.5 Å². The molecule has 0 saturated heterocycles. The second-order valence-electron chi connectivity index (χ2n) is 5.40. The number of rotatable bonds is 4. The van der Waals surface area contributed by atoms with E-state index in [1.54, 1.807) is 12.3 Å². The number of aromatic nitrogens is 2. The highest BCUT2D eigenvalue weighted by Crippen LogP contribution is 2.31. The fourth-order valence-corrected chi connectivity index (χ4v) is 2.61. The molecule has 2 N–H and O–H groups in total. The van der Waals surface area contributed by atoms with Gasteiger partial charge in [0.2, 0.25) is 0 Å². The molecule has 0 bridgehead atoms. The largest absolute Gasteiger partial charge is 0.325 e. The molecule has 1 aliphatic carbocycles. The molecule has 0 spiro atoms. The highest BCUT2D eigenvalue weighted by Gasteiger charge is 2.27. The third-order valence-corrected chi connectivity index (χ3v) is 3.87. The van der Waals surface area contributed by atoms with Gasteiger partial charge in [0, 0.05) is 12.6 Å². The van der Waals surface area contributed by atoms with Gasteiger partial charge in [-0.15, -0.1) is 0 Å². The molecule has 1 aliphatic rings. The number of benzene rings is 1. The first-order valence-corrected chi connectivity index (χ1v) is 7.35. The molecule has 1 saturated carbocycles. The zero-order chi connectivity index (χ0) is 15.4. The molecule has 1 heterocycles. The molecule has 1 aromatic heterocycles. The summed E-state index contributed by atoms with van der Waals surface area (Å²) in [5.41, 5.74) is 9.10. The number of allylic oxidation sites excluding steroid dienone is 2. The number of hydrogen-bond acceptors (Lipinski definition) is 5. The summed E-state index contributed by atoms with van der Waals surface area (Å²) >= 11 is 0. The topological polar surface area (TPSA) is 88.0 Å². The minimum atomic E-state index is 0.264. The van der Waals surface area contributed by atoms with Crippen LogP contribution in [0.3, 0.4) is 0 Å². The Bertz CT molecular complexity index is 766. The van der Waals surface area contributed by atoms with Crippen LogP contribution < -0.4 is 5.73 Å². The molecule has 5 heteroatoms. The lowest BCUT2D eigenvalue weighted by Gasteiger charge is -2.30. The van der Waals surface area contributed by atoms with Crippen molar-refractivity contribution in [3.63, 3.8) is 0 Å². The van der Waals surface area contributed by atoms with Crippen LogP contribution in [0.5, 0.6) is 0 Å². The summed E-state index contributed by atoms with van der Waals surface area (Å²) in [7, 11) is 0. The number of nitrogens with two attached hydrogens (primary N) is 1. The van der Waals surface area contributed by atoms with Crippen LogP contribution in [-0.4, -0.2) is 28.3 Å². The third-order valence-electron chi connectivity index (χ3n) is 3.87. The molecule has 110 valence electrons. The van der Waals surface area contributed by atoms with Crippen LogP contribution in [0.4, 0.5) is 0 Å². The lowest BCUT2D eigenvalue weighted by Crippen LogP contribution is -2.29. The number of fused-ring (bicyclic) bond motifs is 1. The lowest BCUT2D eigenvalue weighted by molar-refractivity contribution is 0.326. The SMILES string of the molecule is N#C/C=C/C1CC(/N=C(/CN)c2cnc3ccccc3n2)C1. The van der Waals surface area contributed by atoms with Gasteiger partial charge in [-0.05, 0) is 30.9 Å². The fraction of sp³-hybridized carbons (Fsp3) is 0.294. The smallest absolute Gasteiger partial charge is 0.104 e. The highest BCUT2D eigenvalue weighted by atomic mass is 14.9. The molecule has 0 radical (unpaired) electrons. The predicted molar refractivity (Wildman–Crippen MR) is 86.4 cm³/mol. The number of para-hydroxylation sites is 2. The van der Waals surface area contributed by atoms with E-state index in [9.17, 15) is 0 Å². The quantitative estimate of drug-likeness (QED) is 0.691. The van der Waals surface area contributed by atoms with E-state index in [0.717, 1.165) is 35.3 Å². The maximum Gasteiger partial charge on any atom is 0.104 e. The second-order valence-corrected chi connectivity index (χ2v) is 5.40. The summed E-state index contributed by atoms with van der Waals surface area (Å²) < 4.78 is 0. The van der Waals surface area contributed by atoms with Crippen molar-refractivity contribution >= 4 is 16.7 Å². The molecule has 1 fully saturated rings. The molecular weight excluding hydrogens is 274 g/mol. The van der Waals surface area contributed by atoms with E-state index in [1.165, 1.54) is 0 Å². The molecule has 5 nitrogen and oxygen atoms in total. The Kier molecular flexibility index (Phi) is 4.22. The van der Waals surface area contributed by atoms with Crippen molar-refractivity contribution in [2.24, 2.45) is 16.6 Å². The summed E-state index contributed by atoms with van der Waals surface area (Å²) in [5, 5.41) is 8.52. The Morgan fingerprint density at radius 1 is 1.36 bits per heavy atom. The van der Waals surface area contributed by atoms with E-state index in [0.29, 0.717) is 12.5 Å². The Morgan fingerprint density at radius 2 is 2.14 bits per heavy atom. The van der Waals surface area contributed by atoms with Crippen LogP contribution in [0.2, 0.25) is 0 Å². The van der Waals surface area contributed by atoms with Gasteiger partial charge < -0.3 is 5.73 Å². The molecule has 0 unspecified atom stereocenters. The van der Waals surface area contributed by atoms with Gasteiger partial charge in [0.05, 0.1) is 35.1 Å². The van der Waals surface area contributed by atoms with Gasteiger partial charge in [0.1, 0.15) is 5.69 Å². The van der Waals surface area contributed by atoms with Gasteiger partial charge in [0.15, 0.2) is 0 Å². The van der Waals surface area contributed by atoms with Crippen molar-refractivity contribution < 1.29 is 0 Å². The van der Waals surface area contributed by atoms with Crippen molar-refractivity contribution in [3.8, 4) is 6.07 Å². The van der Waals surface area contributed by atoms with Crippen molar-refractivity contribution in [1.29, 1.82) is 5.26 Å². The summed E-state index contributed by atoms with van der Waals surface area (Å²) in [6, 6.07) is 10.0. The minimum Gasteiger partial charge on any atom is -0.325 e. The van der Waals surface area contributed by atoms with E-state index in [2.05, 4.69) is 9.97 Å². The molecule has 22 heavy (non-hydrogen) atoms. The van der Waals surface area contributed by atoms with Crippen LogP contribution in [0.15, 0.2) is 47.6 Å². The van der Waals surface area contributed by atoms with Crippen molar-refractivity contribution in [2.45, 2.75) is 18.9 Å². The Labute approximate surface area is 129 Å². The summed E-state index contributed by atoms with van der Waals surface area (Å²) in [4.78, 5) is 13.7. The van der Waals surface area contributed by atoms with Gasteiger partial charge >= 0.3 is 0 Å². The van der Waals surface area contributed by atoms with Crippen LogP contribution in [0, 0.1) is 17.2 Å². The van der Waals surface area contributed by atoms with E-state index in [-0.39, 0.29) is 6.04 Å². The van der Waals surface area contributed by atoms with Gasteiger partial charge in [-0.25, -0.2) is 4.98 Å². The summed E-state index contributed by atoms with van der Waals surface area (Å²) in [6.07, 6.45) is 7.15. The molecule has 0 aliphatic heterocycles. The van der Waals surface area contributed by atoms with E-state index < -0.39 is 0 Å².